The maximum Gasteiger partial charge on any atom is 0.240 e. The van der Waals surface area contributed by atoms with E-state index in [-0.39, 0.29) is 18.6 Å². The molecule has 110 valence electrons. The van der Waals surface area contributed by atoms with Crippen LogP contribution in [-0.4, -0.2) is 47.2 Å². The smallest absolute Gasteiger partial charge is 0.240 e. The first-order valence-corrected chi connectivity index (χ1v) is 7.89. The molecule has 2 rings (SSSR count). The highest BCUT2D eigenvalue weighted by atomic mass is 16.3. The number of hydrogen-bond donors (Lipinski definition) is 2. The van der Waals surface area contributed by atoms with E-state index in [1.165, 1.54) is 19.3 Å². The summed E-state index contributed by atoms with van der Waals surface area (Å²) in [7, 11) is 0. The molecule has 0 aromatic rings. The Bertz CT molecular complexity index is 290. The van der Waals surface area contributed by atoms with Gasteiger partial charge in [-0.2, -0.15) is 0 Å². The van der Waals surface area contributed by atoms with Gasteiger partial charge in [-0.3, -0.25) is 4.79 Å². The van der Waals surface area contributed by atoms with Crippen LogP contribution in [0.3, 0.4) is 0 Å². The second-order valence-electron chi connectivity index (χ2n) is 6.10. The molecule has 2 fully saturated rings. The van der Waals surface area contributed by atoms with E-state index in [0.29, 0.717) is 18.6 Å². The molecule has 2 aliphatic rings. The minimum absolute atomic E-state index is 0.0303. The van der Waals surface area contributed by atoms with Gasteiger partial charge in [0.15, 0.2) is 0 Å². The van der Waals surface area contributed by atoms with Gasteiger partial charge in [0, 0.05) is 18.6 Å². The molecule has 0 spiro atoms. The Balaban J connectivity index is 1.98. The molecular weight excluding hydrogens is 240 g/mol. The molecule has 0 bridgehead atoms. The van der Waals surface area contributed by atoms with Gasteiger partial charge in [-0.1, -0.05) is 19.3 Å². The van der Waals surface area contributed by atoms with Crippen molar-refractivity contribution in [3.8, 4) is 0 Å². The van der Waals surface area contributed by atoms with Crippen LogP contribution < -0.4 is 5.32 Å². The maximum atomic E-state index is 12.7. The molecule has 1 saturated carbocycles. The molecule has 1 heterocycles. The Labute approximate surface area is 116 Å². The predicted molar refractivity (Wildman–Crippen MR) is 75.9 cm³/mol. The van der Waals surface area contributed by atoms with Crippen molar-refractivity contribution < 1.29 is 9.90 Å². The third-order valence-corrected chi connectivity index (χ3v) is 4.55. The second-order valence-corrected chi connectivity index (χ2v) is 6.10. The fraction of sp³-hybridized carbons (Fsp3) is 0.933. The SMILES string of the molecule is CC1CCCC(C(=O)N(CCO)C2CCCCC2)N1. The summed E-state index contributed by atoms with van der Waals surface area (Å²) >= 11 is 0. The van der Waals surface area contributed by atoms with Gasteiger partial charge in [0.25, 0.3) is 0 Å². The zero-order chi connectivity index (χ0) is 13.7. The Morgan fingerprint density at radius 3 is 2.53 bits per heavy atom. The molecule has 4 heteroatoms. The number of nitrogens with zero attached hydrogens (tertiary/aromatic N) is 1. The summed E-state index contributed by atoms with van der Waals surface area (Å²) in [6, 6.07) is 0.759. The lowest BCUT2D eigenvalue weighted by Crippen LogP contribution is -2.54. The molecule has 0 aromatic carbocycles. The summed E-state index contributed by atoms with van der Waals surface area (Å²) in [5.41, 5.74) is 0. The number of carbonyl (C=O) groups excluding carboxylic acids is 1. The van der Waals surface area contributed by atoms with E-state index in [0.717, 1.165) is 32.1 Å². The van der Waals surface area contributed by atoms with Crippen molar-refractivity contribution in [3.05, 3.63) is 0 Å². The monoisotopic (exact) mass is 268 g/mol. The molecule has 1 amide bonds. The number of hydrogen-bond acceptors (Lipinski definition) is 3. The predicted octanol–water partition coefficient (Wildman–Crippen LogP) is 1.67. The lowest BCUT2D eigenvalue weighted by molar-refractivity contribution is -0.138. The van der Waals surface area contributed by atoms with Gasteiger partial charge in [-0.05, 0) is 39.0 Å². The molecular formula is C15H28N2O2. The molecule has 1 saturated heterocycles. The number of aliphatic hydroxyl groups excluding tert-OH is 1. The number of rotatable bonds is 4. The van der Waals surface area contributed by atoms with E-state index in [2.05, 4.69) is 12.2 Å². The van der Waals surface area contributed by atoms with Gasteiger partial charge in [0.2, 0.25) is 5.91 Å². The van der Waals surface area contributed by atoms with Crippen LogP contribution in [0, 0.1) is 0 Å². The summed E-state index contributed by atoms with van der Waals surface area (Å²) in [4.78, 5) is 14.6. The normalized spacial score (nSPS) is 29.2. The molecule has 2 N–H and O–H groups in total. The lowest BCUT2D eigenvalue weighted by atomic mass is 9.92. The van der Waals surface area contributed by atoms with Gasteiger partial charge in [-0.15, -0.1) is 0 Å². The van der Waals surface area contributed by atoms with Crippen LogP contribution in [0.5, 0.6) is 0 Å². The first-order chi connectivity index (χ1) is 9.22. The van der Waals surface area contributed by atoms with Crippen LogP contribution in [0.2, 0.25) is 0 Å². The van der Waals surface area contributed by atoms with Crippen LogP contribution in [-0.2, 0) is 4.79 Å². The van der Waals surface area contributed by atoms with E-state index in [9.17, 15) is 9.90 Å². The Morgan fingerprint density at radius 2 is 1.89 bits per heavy atom. The number of nitrogens with one attached hydrogen (secondary N) is 1. The molecule has 2 unspecified atom stereocenters. The maximum absolute atomic E-state index is 12.7. The summed E-state index contributed by atoms with van der Waals surface area (Å²) in [5.74, 6) is 0.215. The summed E-state index contributed by atoms with van der Waals surface area (Å²) < 4.78 is 0. The minimum Gasteiger partial charge on any atom is -0.395 e. The topological polar surface area (TPSA) is 52.6 Å². The third kappa shape index (κ3) is 3.93. The molecule has 2 atom stereocenters. The summed E-state index contributed by atoms with van der Waals surface area (Å²) in [6.07, 6.45) is 9.16. The zero-order valence-corrected chi connectivity index (χ0v) is 12.1. The van der Waals surface area contributed by atoms with Crippen LogP contribution in [0.25, 0.3) is 0 Å². The first kappa shape index (κ1) is 14.8. The molecule has 4 nitrogen and oxygen atoms in total. The quantitative estimate of drug-likeness (QED) is 0.815. The summed E-state index contributed by atoms with van der Waals surface area (Å²) in [5, 5.41) is 12.7. The lowest BCUT2D eigenvalue weighted by Gasteiger charge is -2.38. The van der Waals surface area contributed by atoms with Crippen molar-refractivity contribution in [2.45, 2.75) is 76.4 Å². The minimum atomic E-state index is -0.0303. The number of carbonyl (C=O) groups is 1. The molecule has 1 aliphatic heterocycles. The Hall–Kier alpha value is -0.610. The Morgan fingerprint density at radius 1 is 1.16 bits per heavy atom. The van der Waals surface area contributed by atoms with Crippen molar-refractivity contribution in [1.29, 1.82) is 0 Å². The van der Waals surface area contributed by atoms with Gasteiger partial charge in [-0.25, -0.2) is 0 Å². The van der Waals surface area contributed by atoms with Gasteiger partial charge in [0.05, 0.1) is 12.6 Å². The van der Waals surface area contributed by atoms with Crippen molar-refractivity contribution in [2.24, 2.45) is 0 Å². The number of aliphatic hydroxyl groups is 1. The average molecular weight is 268 g/mol. The van der Waals surface area contributed by atoms with Crippen LogP contribution in [0.1, 0.15) is 58.3 Å². The van der Waals surface area contributed by atoms with Crippen molar-refractivity contribution in [2.75, 3.05) is 13.2 Å². The second kappa shape index (κ2) is 7.25. The van der Waals surface area contributed by atoms with Crippen molar-refractivity contribution in [3.63, 3.8) is 0 Å². The summed E-state index contributed by atoms with van der Waals surface area (Å²) in [6.45, 7) is 2.72. The highest BCUT2D eigenvalue weighted by molar-refractivity contribution is 5.82. The standard InChI is InChI=1S/C15H28N2O2/c1-12-6-5-9-14(16-12)15(19)17(10-11-18)13-7-3-2-4-8-13/h12-14,16,18H,2-11H2,1H3. The molecule has 1 aliphatic carbocycles. The molecule has 0 radical (unpaired) electrons. The number of amides is 1. The van der Waals surface area contributed by atoms with Crippen molar-refractivity contribution in [1.82, 2.24) is 10.2 Å². The Kier molecular flexibility index (Phi) is 5.64. The fourth-order valence-electron chi connectivity index (χ4n) is 3.51. The molecule has 0 aromatic heterocycles. The molecule has 19 heavy (non-hydrogen) atoms. The fourth-order valence-corrected chi connectivity index (χ4v) is 3.51. The van der Waals surface area contributed by atoms with Crippen LogP contribution in [0.15, 0.2) is 0 Å². The van der Waals surface area contributed by atoms with Crippen LogP contribution >= 0.6 is 0 Å². The first-order valence-electron chi connectivity index (χ1n) is 7.89. The van der Waals surface area contributed by atoms with Crippen molar-refractivity contribution >= 4 is 5.91 Å². The van der Waals surface area contributed by atoms with Gasteiger partial charge in [0.1, 0.15) is 0 Å². The number of piperidine rings is 1. The largest absolute Gasteiger partial charge is 0.395 e. The average Bonchev–Trinajstić information content (AvgIpc) is 2.45. The van der Waals surface area contributed by atoms with Gasteiger partial charge < -0.3 is 15.3 Å². The highest BCUT2D eigenvalue weighted by Gasteiger charge is 2.32. The van der Waals surface area contributed by atoms with E-state index >= 15 is 0 Å². The van der Waals surface area contributed by atoms with Gasteiger partial charge >= 0.3 is 0 Å². The zero-order valence-electron chi connectivity index (χ0n) is 12.1. The third-order valence-electron chi connectivity index (χ3n) is 4.55. The highest BCUT2D eigenvalue weighted by Crippen LogP contribution is 2.24. The van der Waals surface area contributed by atoms with E-state index in [1.54, 1.807) is 0 Å². The van der Waals surface area contributed by atoms with Crippen LogP contribution in [0.4, 0.5) is 0 Å². The van der Waals surface area contributed by atoms with E-state index in [1.807, 2.05) is 4.90 Å². The van der Waals surface area contributed by atoms with E-state index < -0.39 is 0 Å². The van der Waals surface area contributed by atoms with E-state index in [4.69, 9.17) is 0 Å².